The number of likely N-dealkylation sites (tertiary alicyclic amines) is 1. The Morgan fingerprint density at radius 2 is 2.22 bits per heavy atom. The Hall–Kier alpha value is -1.73. The van der Waals surface area contributed by atoms with Gasteiger partial charge in [-0.1, -0.05) is 33.2 Å². The molecule has 1 aromatic heterocycles. The predicted octanol–water partition coefficient (Wildman–Crippen LogP) is 2.31. The molecule has 6 nitrogen and oxygen atoms in total. The molecule has 1 aliphatic rings. The van der Waals surface area contributed by atoms with Crippen LogP contribution in [0.1, 0.15) is 36.2 Å². The lowest BCUT2D eigenvalue weighted by Crippen LogP contribution is -2.36. The number of halogens is 1. The summed E-state index contributed by atoms with van der Waals surface area (Å²) in [6.07, 6.45) is 2.45. The maximum absolute atomic E-state index is 12.1. The summed E-state index contributed by atoms with van der Waals surface area (Å²) in [7, 11) is 1.77. The van der Waals surface area contributed by atoms with Crippen molar-refractivity contribution in [3.63, 3.8) is 0 Å². The molecule has 0 bridgehead atoms. The van der Waals surface area contributed by atoms with Gasteiger partial charge in [0.25, 0.3) is 0 Å². The molecule has 122 valence electrons. The van der Waals surface area contributed by atoms with Gasteiger partial charge in [0.05, 0.1) is 6.54 Å². The SMILES string of the molecule is CNCC(=O)N1CCCC1c1nc(Cc2ccc(Br)cc2)no1. The van der Waals surface area contributed by atoms with Crippen LogP contribution in [0.25, 0.3) is 0 Å². The minimum Gasteiger partial charge on any atom is -0.337 e. The van der Waals surface area contributed by atoms with E-state index >= 15 is 0 Å². The summed E-state index contributed by atoms with van der Waals surface area (Å²) in [5.74, 6) is 1.26. The normalized spacial score (nSPS) is 17.7. The molecule has 7 heteroatoms. The number of likely N-dealkylation sites (N-methyl/N-ethyl adjacent to an activating group) is 1. The zero-order valence-electron chi connectivity index (χ0n) is 13.0. The molecular weight excluding hydrogens is 360 g/mol. The molecule has 0 aliphatic carbocycles. The van der Waals surface area contributed by atoms with Crippen molar-refractivity contribution in [2.45, 2.75) is 25.3 Å². The first-order valence-corrected chi connectivity index (χ1v) is 8.47. The van der Waals surface area contributed by atoms with E-state index in [1.165, 1.54) is 0 Å². The largest absolute Gasteiger partial charge is 0.337 e. The zero-order chi connectivity index (χ0) is 16.2. The Labute approximate surface area is 143 Å². The highest BCUT2D eigenvalue weighted by atomic mass is 79.9. The summed E-state index contributed by atoms with van der Waals surface area (Å²) in [5, 5.41) is 6.96. The summed E-state index contributed by atoms with van der Waals surface area (Å²) in [6.45, 7) is 1.08. The molecule has 1 fully saturated rings. The second-order valence-corrected chi connectivity index (χ2v) is 6.54. The van der Waals surface area contributed by atoms with Crippen LogP contribution < -0.4 is 5.32 Å². The molecule has 0 radical (unpaired) electrons. The van der Waals surface area contributed by atoms with Crippen molar-refractivity contribution in [1.82, 2.24) is 20.4 Å². The molecule has 1 aliphatic heterocycles. The van der Waals surface area contributed by atoms with E-state index in [1.54, 1.807) is 7.05 Å². The van der Waals surface area contributed by atoms with Crippen LogP contribution in [-0.4, -0.2) is 41.1 Å². The lowest BCUT2D eigenvalue weighted by atomic mass is 10.1. The minimum atomic E-state index is -0.0954. The van der Waals surface area contributed by atoms with E-state index in [1.807, 2.05) is 29.2 Å². The number of hydrogen-bond donors (Lipinski definition) is 1. The van der Waals surface area contributed by atoms with Crippen molar-refractivity contribution < 1.29 is 9.32 Å². The van der Waals surface area contributed by atoms with Gasteiger partial charge in [-0.3, -0.25) is 4.79 Å². The Kier molecular flexibility index (Phi) is 5.07. The quantitative estimate of drug-likeness (QED) is 0.863. The fourth-order valence-corrected chi connectivity index (χ4v) is 3.10. The number of nitrogens with zero attached hydrogens (tertiary/aromatic N) is 3. The molecule has 1 N–H and O–H groups in total. The highest BCUT2D eigenvalue weighted by Crippen LogP contribution is 2.30. The number of amides is 1. The maximum Gasteiger partial charge on any atom is 0.249 e. The molecule has 0 spiro atoms. The highest BCUT2D eigenvalue weighted by Gasteiger charge is 2.33. The second kappa shape index (κ2) is 7.23. The van der Waals surface area contributed by atoms with Crippen molar-refractivity contribution in [2.24, 2.45) is 0 Å². The van der Waals surface area contributed by atoms with Gasteiger partial charge in [0.2, 0.25) is 11.8 Å². The van der Waals surface area contributed by atoms with E-state index in [9.17, 15) is 4.79 Å². The van der Waals surface area contributed by atoms with Gasteiger partial charge >= 0.3 is 0 Å². The molecule has 2 heterocycles. The number of carbonyl (C=O) groups is 1. The second-order valence-electron chi connectivity index (χ2n) is 5.63. The Bertz CT molecular complexity index is 671. The Balaban J connectivity index is 1.70. The van der Waals surface area contributed by atoms with Crippen LogP contribution in [0.3, 0.4) is 0 Å². The lowest BCUT2D eigenvalue weighted by Gasteiger charge is -2.21. The first-order chi connectivity index (χ1) is 11.2. The third-order valence-corrected chi connectivity index (χ3v) is 4.47. The predicted molar refractivity (Wildman–Crippen MR) is 88.9 cm³/mol. The summed E-state index contributed by atoms with van der Waals surface area (Å²) < 4.78 is 6.46. The van der Waals surface area contributed by atoms with Crippen molar-refractivity contribution in [3.8, 4) is 0 Å². The van der Waals surface area contributed by atoms with Gasteiger partial charge in [-0.05, 0) is 37.6 Å². The van der Waals surface area contributed by atoms with Crippen molar-refractivity contribution in [1.29, 1.82) is 0 Å². The fourth-order valence-electron chi connectivity index (χ4n) is 2.83. The molecule has 0 saturated carbocycles. The van der Waals surface area contributed by atoms with Crippen LogP contribution >= 0.6 is 15.9 Å². The van der Waals surface area contributed by atoms with Gasteiger partial charge in [0, 0.05) is 17.4 Å². The van der Waals surface area contributed by atoms with E-state index in [-0.39, 0.29) is 11.9 Å². The number of carbonyl (C=O) groups excluding carboxylic acids is 1. The van der Waals surface area contributed by atoms with Gasteiger partial charge in [0.1, 0.15) is 6.04 Å². The number of rotatable bonds is 5. The molecule has 1 unspecified atom stereocenters. The molecule has 1 saturated heterocycles. The van der Waals surface area contributed by atoms with E-state index < -0.39 is 0 Å². The van der Waals surface area contributed by atoms with E-state index in [4.69, 9.17) is 4.52 Å². The van der Waals surface area contributed by atoms with Crippen molar-refractivity contribution in [2.75, 3.05) is 20.1 Å². The topological polar surface area (TPSA) is 71.3 Å². The third kappa shape index (κ3) is 3.79. The molecule has 1 aromatic carbocycles. The zero-order valence-corrected chi connectivity index (χ0v) is 14.5. The summed E-state index contributed by atoms with van der Waals surface area (Å²) in [5.41, 5.74) is 1.12. The first kappa shape index (κ1) is 16.1. The molecular formula is C16H19BrN4O2. The average molecular weight is 379 g/mol. The highest BCUT2D eigenvalue weighted by molar-refractivity contribution is 9.10. The Morgan fingerprint density at radius 1 is 1.43 bits per heavy atom. The molecule has 1 atom stereocenters. The molecule has 2 aromatic rings. The van der Waals surface area contributed by atoms with Crippen LogP contribution in [0.15, 0.2) is 33.3 Å². The summed E-state index contributed by atoms with van der Waals surface area (Å²) in [4.78, 5) is 18.5. The van der Waals surface area contributed by atoms with Crippen LogP contribution in [0.5, 0.6) is 0 Å². The van der Waals surface area contributed by atoms with Crippen LogP contribution in [-0.2, 0) is 11.2 Å². The van der Waals surface area contributed by atoms with Crippen LogP contribution in [0.2, 0.25) is 0 Å². The van der Waals surface area contributed by atoms with Crippen LogP contribution in [0.4, 0.5) is 0 Å². The number of nitrogens with one attached hydrogen (secondary N) is 1. The number of benzene rings is 1. The standard InChI is InChI=1S/C16H19BrN4O2/c1-18-10-15(22)21-8-2-3-13(21)16-19-14(20-23-16)9-11-4-6-12(17)7-5-11/h4-7,13,18H,2-3,8-10H2,1H3. The Morgan fingerprint density at radius 3 is 2.96 bits per heavy atom. The average Bonchev–Trinajstić information content (AvgIpc) is 3.18. The van der Waals surface area contributed by atoms with Gasteiger partial charge in [-0.25, -0.2) is 0 Å². The molecule has 1 amide bonds. The van der Waals surface area contributed by atoms with Crippen molar-refractivity contribution in [3.05, 3.63) is 46.0 Å². The molecule has 23 heavy (non-hydrogen) atoms. The van der Waals surface area contributed by atoms with Gasteiger partial charge in [-0.15, -0.1) is 0 Å². The minimum absolute atomic E-state index is 0.0719. The first-order valence-electron chi connectivity index (χ1n) is 7.68. The molecule has 3 rings (SSSR count). The number of hydrogen-bond acceptors (Lipinski definition) is 5. The third-order valence-electron chi connectivity index (χ3n) is 3.95. The van der Waals surface area contributed by atoms with E-state index in [0.29, 0.717) is 24.7 Å². The van der Waals surface area contributed by atoms with Gasteiger partial charge in [0.15, 0.2) is 5.82 Å². The smallest absolute Gasteiger partial charge is 0.249 e. The lowest BCUT2D eigenvalue weighted by molar-refractivity contribution is -0.131. The van der Waals surface area contributed by atoms with E-state index in [2.05, 4.69) is 31.4 Å². The summed E-state index contributed by atoms with van der Waals surface area (Å²) in [6, 6.07) is 7.94. The van der Waals surface area contributed by atoms with Gasteiger partial charge < -0.3 is 14.7 Å². The number of aromatic nitrogens is 2. The van der Waals surface area contributed by atoms with Crippen LogP contribution in [0, 0.1) is 0 Å². The van der Waals surface area contributed by atoms with Crippen molar-refractivity contribution >= 4 is 21.8 Å². The van der Waals surface area contributed by atoms with E-state index in [0.717, 1.165) is 29.4 Å². The maximum atomic E-state index is 12.1. The summed E-state index contributed by atoms with van der Waals surface area (Å²) >= 11 is 3.42. The fraction of sp³-hybridized carbons (Fsp3) is 0.438. The monoisotopic (exact) mass is 378 g/mol. The van der Waals surface area contributed by atoms with Gasteiger partial charge in [-0.2, -0.15) is 4.98 Å².